The summed E-state index contributed by atoms with van der Waals surface area (Å²) in [6.07, 6.45) is 7.68. The van der Waals surface area contributed by atoms with Crippen LogP contribution in [0.1, 0.15) is 45.4 Å². The minimum atomic E-state index is 0.618. The lowest BCUT2D eigenvalue weighted by Gasteiger charge is -2.16. The summed E-state index contributed by atoms with van der Waals surface area (Å²) in [6, 6.07) is 30.0. The summed E-state index contributed by atoms with van der Waals surface area (Å²) < 4.78 is 0. The smallest absolute Gasteiger partial charge is 0.0744 e. The molecule has 0 aromatic heterocycles. The van der Waals surface area contributed by atoms with Gasteiger partial charge in [-0.3, -0.25) is 4.99 Å². The molecule has 1 nitrogen and oxygen atoms in total. The highest BCUT2D eigenvalue weighted by Gasteiger charge is 2.26. The van der Waals surface area contributed by atoms with Crippen molar-refractivity contribution >= 4 is 23.4 Å². The van der Waals surface area contributed by atoms with Crippen LogP contribution in [0.5, 0.6) is 0 Å². The second kappa shape index (κ2) is 8.50. The molecular formula is C31H24ClN. The van der Waals surface area contributed by atoms with E-state index >= 15 is 0 Å². The summed E-state index contributed by atoms with van der Waals surface area (Å²) in [5.74, 6) is 0. The molecule has 33 heavy (non-hydrogen) atoms. The molecule has 2 aliphatic carbocycles. The minimum Gasteiger partial charge on any atom is -0.279 e. The molecular weight excluding hydrogens is 422 g/mol. The molecule has 0 unspecified atom stereocenters. The van der Waals surface area contributed by atoms with Crippen LogP contribution in [-0.2, 0) is 19.4 Å². The van der Waals surface area contributed by atoms with Gasteiger partial charge >= 0.3 is 0 Å². The quantitative estimate of drug-likeness (QED) is 0.249. The number of allylic oxidation sites excluding steroid dienone is 1. The van der Waals surface area contributed by atoms with Crippen molar-refractivity contribution < 1.29 is 0 Å². The van der Waals surface area contributed by atoms with E-state index in [1.807, 2.05) is 12.1 Å². The highest BCUT2D eigenvalue weighted by molar-refractivity contribution is 6.37. The molecule has 0 heterocycles. The van der Waals surface area contributed by atoms with Gasteiger partial charge in [-0.05, 0) is 70.3 Å². The Balaban J connectivity index is 1.50. The maximum absolute atomic E-state index is 6.91. The molecule has 0 radical (unpaired) electrons. The number of aryl methyl sites for hydroxylation is 1. The normalized spacial score (nSPS) is 14.0. The number of fused-ring (bicyclic) bond motifs is 4. The molecule has 160 valence electrons. The number of nitrogens with zero attached hydrogens (tertiary/aromatic N) is 1. The number of rotatable bonds is 4. The van der Waals surface area contributed by atoms with Crippen LogP contribution in [0.3, 0.4) is 0 Å². The lowest BCUT2D eigenvalue weighted by Crippen LogP contribution is -2.08. The van der Waals surface area contributed by atoms with E-state index in [-0.39, 0.29) is 0 Å². The Morgan fingerprint density at radius 1 is 0.818 bits per heavy atom. The zero-order valence-corrected chi connectivity index (χ0v) is 19.1. The molecule has 2 aliphatic rings. The summed E-state index contributed by atoms with van der Waals surface area (Å²) in [5.41, 5.74) is 12.2. The van der Waals surface area contributed by atoms with Crippen molar-refractivity contribution in [2.75, 3.05) is 0 Å². The van der Waals surface area contributed by atoms with Crippen LogP contribution < -0.4 is 0 Å². The van der Waals surface area contributed by atoms with Crippen LogP contribution in [0.2, 0.25) is 5.02 Å². The molecule has 0 bridgehead atoms. The van der Waals surface area contributed by atoms with Gasteiger partial charge in [-0.1, -0.05) is 96.5 Å². The fraction of sp³-hybridized carbons (Fsp3) is 0.129. The van der Waals surface area contributed by atoms with Gasteiger partial charge in [-0.15, -0.1) is 0 Å². The predicted octanol–water partition coefficient (Wildman–Crippen LogP) is 7.91. The average Bonchev–Trinajstić information content (AvgIpc) is 3.24. The minimum absolute atomic E-state index is 0.618. The summed E-state index contributed by atoms with van der Waals surface area (Å²) in [7, 11) is 0. The summed E-state index contributed by atoms with van der Waals surface area (Å²) in [4.78, 5) is 5.20. The number of aliphatic imine (C=N–C) groups is 1. The average molecular weight is 446 g/mol. The van der Waals surface area contributed by atoms with Gasteiger partial charge in [0.15, 0.2) is 0 Å². The van der Waals surface area contributed by atoms with Crippen molar-refractivity contribution in [1.29, 1.82) is 0 Å². The molecule has 6 rings (SSSR count). The van der Waals surface area contributed by atoms with Crippen LogP contribution in [0.25, 0.3) is 17.2 Å². The van der Waals surface area contributed by atoms with Gasteiger partial charge in [0, 0.05) is 11.1 Å². The van der Waals surface area contributed by atoms with E-state index in [0.29, 0.717) is 6.54 Å². The van der Waals surface area contributed by atoms with Crippen molar-refractivity contribution in [3.8, 4) is 11.1 Å². The Hall–Kier alpha value is -3.42. The van der Waals surface area contributed by atoms with Gasteiger partial charge < -0.3 is 0 Å². The van der Waals surface area contributed by atoms with Crippen molar-refractivity contribution in [1.82, 2.24) is 0 Å². The lowest BCUT2D eigenvalue weighted by molar-refractivity contribution is 0.975. The monoisotopic (exact) mass is 445 g/mol. The van der Waals surface area contributed by atoms with Crippen LogP contribution in [0, 0.1) is 0 Å². The maximum Gasteiger partial charge on any atom is 0.0744 e. The fourth-order valence-electron chi connectivity index (χ4n) is 5.09. The van der Waals surface area contributed by atoms with E-state index in [1.54, 1.807) is 0 Å². The molecule has 0 saturated carbocycles. The number of hydrogen-bond donors (Lipinski definition) is 0. The first-order chi connectivity index (χ1) is 16.3. The molecule has 4 aromatic rings. The Bertz CT molecular complexity index is 1410. The second-order valence-corrected chi connectivity index (χ2v) is 9.20. The first-order valence-electron chi connectivity index (χ1n) is 11.6. The zero-order valence-electron chi connectivity index (χ0n) is 18.4. The van der Waals surface area contributed by atoms with E-state index in [2.05, 4.69) is 84.9 Å². The van der Waals surface area contributed by atoms with Gasteiger partial charge in [0.1, 0.15) is 0 Å². The summed E-state index contributed by atoms with van der Waals surface area (Å²) >= 11 is 6.91. The topological polar surface area (TPSA) is 12.4 Å². The van der Waals surface area contributed by atoms with Gasteiger partial charge in [0.05, 0.1) is 17.3 Å². The van der Waals surface area contributed by atoms with Crippen LogP contribution in [0.4, 0.5) is 0 Å². The third-order valence-electron chi connectivity index (χ3n) is 6.70. The molecule has 0 amide bonds. The lowest BCUT2D eigenvalue weighted by atomic mass is 9.92. The van der Waals surface area contributed by atoms with Crippen LogP contribution in [0.15, 0.2) is 96.0 Å². The first kappa shape index (κ1) is 20.2. The van der Waals surface area contributed by atoms with Crippen molar-refractivity contribution in [3.63, 3.8) is 0 Å². The standard InChI is InChI=1S/C31H24ClN/c32-28-17-16-26-19-25-12-6-7-13-27(25)29(26)30(28)31(23-9-2-1-3-10-23)33-20-21-14-15-22-8-4-5-11-24(22)18-21/h1-3,5-7,9-18H,4,8,19-20H2. The molecule has 0 aliphatic heterocycles. The predicted molar refractivity (Wildman–Crippen MR) is 139 cm³/mol. The van der Waals surface area contributed by atoms with Gasteiger partial charge in [0.25, 0.3) is 0 Å². The van der Waals surface area contributed by atoms with Gasteiger partial charge in [-0.2, -0.15) is 0 Å². The van der Waals surface area contributed by atoms with E-state index in [9.17, 15) is 0 Å². The Kier molecular flexibility index (Phi) is 5.20. The van der Waals surface area contributed by atoms with Crippen molar-refractivity contribution in [3.05, 3.63) is 135 Å². The van der Waals surface area contributed by atoms with Crippen molar-refractivity contribution in [2.45, 2.75) is 25.8 Å². The number of hydrogen-bond acceptors (Lipinski definition) is 1. The SMILES string of the molecule is Clc1ccc2c(c1C(=NCc1ccc3c(c1)C=CCC3)c1ccccc1)-c1ccccc1C2. The fourth-order valence-corrected chi connectivity index (χ4v) is 5.33. The second-order valence-electron chi connectivity index (χ2n) is 8.80. The summed E-state index contributed by atoms with van der Waals surface area (Å²) in [5, 5.41) is 0.751. The van der Waals surface area contributed by atoms with Gasteiger partial charge in [-0.25, -0.2) is 0 Å². The summed E-state index contributed by atoms with van der Waals surface area (Å²) in [6.45, 7) is 0.618. The third-order valence-corrected chi connectivity index (χ3v) is 7.02. The first-order valence-corrected chi connectivity index (χ1v) is 11.9. The van der Waals surface area contributed by atoms with E-state index in [1.165, 1.54) is 38.9 Å². The largest absolute Gasteiger partial charge is 0.279 e. The van der Waals surface area contributed by atoms with E-state index in [4.69, 9.17) is 16.6 Å². The molecule has 0 N–H and O–H groups in total. The third kappa shape index (κ3) is 3.73. The molecule has 0 fully saturated rings. The Morgan fingerprint density at radius 2 is 1.64 bits per heavy atom. The molecule has 0 spiro atoms. The number of benzene rings is 4. The van der Waals surface area contributed by atoms with E-state index < -0.39 is 0 Å². The molecule has 0 atom stereocenters. The molecule has 0 saturated heterocycles. The van der Waals surface area contributed by atoms with Gasteiger partial charge in [0.2, 0.25) is 0 Å². The highest BCUT2D eigenvalue weighted by Crippen LogP contribution is 2.42. The highest BCUT2D eigenvalue weighted by atomic mass is 35.5. The van der Waals surface area contributed by atoms with Crippen LogP contribution in [-0.4, -0.2) is 5.71 Å². The zero-order chi connectivity index (χ0) is 22.2. The number of halogens is 1. The molecule has 4 aromatic carbocycles. The Morgan fingerprint density at radius 3 is 2.55 bits per heavy atom. The van der Waals surface area contributed by atoms with Crippen LogP contribution >= 0.6 is 11.6 Å². The molecule has 2 heteroatoms. The van der Waals surface area contributed by atoms with Crippen molar-refractivity contribution in [2.24, 2.45) is 4.99 Å². The van der Waals surface area contributed by atoms with E-state index in [0.717, 1.165) is 41.1 Å². The Labute approximate surface area is 200 Å². The maximum atomic E-state index is 6.91.